The van der Waals surface area contributed by atoms with Crippen LogP contribution >= 0.6 is 0 Å². The summed E-state index contributed by atoms with van der Waals surface area (Å²) in [6.45, 7) is 1.83. The average molecular weight is 380 g/mol. The summed E-state index contributed by atoms with van der Waals surface area (Å²) in [5, 5.41) is 17.8. The lowest BCUT2D eigenvalue weighted by Gasteiger charge is -2.02. The highest BCUT2D eigenvalue weighted by molar-refractivity contribution is 5.59. The van der Waals surface area contributed by atoms with Gasteiger partial charge in [0.2, 0.25) is 5.88 Å². The number of oxazole rings is 1. The predicted molar refractivity (Wildman–Crippen MR) is 98.0 cm³/mol. The number of aryl methyl sites for hydroxylation is 1. The molecule has 0 aliphatic heterocycles. The van der Waals surface area contributed by atoms with Gasteiger partial charge in [-0.3, -0.25) is 15.3 Å². The average Bonchev–Trinajstić information content (AvgIpc) is 3.08. The molecule has 4 aromatic heterocycles. The first-order valence-corrected chi connectivity index (χ1v) is 8.70. The van der Waals surface area contributed by atoms with Gasteiger partial charge in [0.25, 0.3) is 6.01 Å². The second-order valence-corrected chi connectivity index (χ2v) is 6.60. The van der Waals surface area contributed by atoms with Crippen LogP contribution in [0.3, 0.4) is 0 Å². The van der Waals surface area contributed by atoms with Crippen LogP contribution in [0.2, 0.25) is 0 Å². The maximum atomic E-state index is 11.4. The Labute approximate surface area is 156 Å². The molecule has 0 saturated heterocycles. The number of aromatic amines is 2. The molecule has 4 aromatic rings. The largest absolute Gasteiger partial charge is 0.493 e. The van der Waals surface area contributed by atoms with E-state index in [1.165, 1.54) is 0 Å². The number of fused-ring (bicyclic) bond motifs is 1. The van der Waals surface area contributed by atoms with Crippen molar-refractivity contribution in [3.05, 3.63) is 51.1 Å². The van der Waals surface area contributed by atoms with Crippen molar-refractivity contribution < 1.29 is 9.52 Å². The zero-order valence-corrected chi connectivity index (χ0v) is 14.8. The van der Waals surface area contributed by atoms with E-state index in [9.17, 15) is 9.90 Å². The fraction of sp³-hybridized carbons (Fsp3) is 0.235. The van der Waals surface area contributed by atoms with Crippen LogP contribution in [0, 0.1) is 6.92 Å². The second-order valence-electron chi connectivity index (χ2n) is 6.60. The minimum Gasteiger partial charge on any atom is -0.493 e. The molecule has 0 unspecified atom stereocenters. The number of hydrogen-bond donors (Lipinski definition) is 4. The molecule has 5 rings (SSSR count). The van der Waals surface area contributed by atoms with Gasteiger partial charge in [-0.2, -0.15) is 14.6 Å². The number of hydrogen-bond acceptors (Lipinski definition) is 8. The van der Waals surface area contributed by atoms with Crippen LogP contribution in [0.15, 0.2) is 32.7 Å². The van der Waals surface area contributed by atoms with Crippen LogP contribution < -0.4 is 21.7 Å². The maximum absolute atomic E-state index is 11.4. The van der Waals surface area contributed by atoms with Crippen molar-refractivity contribution in [2.24, 2.45) is 4.99 Å². The van der Waals surface area contributed by atoms with Crippen LogP contribution in [0.4, 0.5) is 11.8 Å². The smallest absolute Gasteiger partial charge is 0.326 e. The van der Waals surface area contributed by atoms with E-state index in [0.29, 0.717) is 28.2 Å². The van der Waals surface area contributed by atoms with E-state index >= 15 is 0 Å². The van der Waals surface area contributed by atoms with Gasteiger partial charge in [-0.05, 0) is 25.8 Å². The number of aromatic nitrogens is 6. The van der Waals surface area contributed by atoms with E-state index in [1.807, 2.05) is 6.92 Å². The molecule has 28 heavy (non-hydrogen) atoms. The molecule has 4 N–H and O–H groups in total. The van der Waals surface area contributed by atoms with Gasteiger partial charge in [0, 0.05) is 11.3 Å². The van der Waals surface area contributed by atoms with Crippen molar-refractivity contribution in [3.63, 3.8) is 0 Å². The van der Waals surface area contributed by atoms with E-state index in [4.69, 9.17) is 9.41 Å². The van der Waals surface area contributed by atoms with Crippen molar-refractivity contribution in [2.45, 2.75) is 25.8 Å². The van der Waals surface area contributed by atoms with Crippen molar-refractivity contribution >= 4 is 23.6 Å². The lowest BCUT2D eigenvalue weighted by Crippen LogP contribution is -2.19. The maximum Gasteiger partial charge on any atom is 0.326 e. The zero-order valence-electron chi connectivity index (χ0n) is 14.8. The third-order valence-corrected chi connectivity index (χ3v) is 4.23. The molecule has 0 aromatic carbocycles. The first-order chi connectivity index (χ1) is 13.5. The third kappa shape index (κ3) is 3.02. The summed E-state index contributed by atoms with van der Waals surface area (Å²) < 4.78 is 6.96. The van der Waals surface area contributed by atoms with E-state index in [2.05, 4.69) is 30.4 Å². The minimum absolute atomic E-state index is 0.240. The Kier molecular flexibility index (Phi) is 3.54. The molecule has 1 aliphatic carbocycles. The number of rotatable bonds is 4. The molecule has 0 amide bonds. The quantitative estimate of drug-likeness (QED) is 0.392. The summed E-state index contributed by atoms with van der Waals surface area (Å²) in [4.78, 5) is 29.7. The number of aromatic hydroxyl groups is 1. The van der Waals surface area contributed by atoms with Crippen molar-refractivity contribution in [2.75, 3.05) is 5.32 Å². The van der Waals surface area contributed by atoms with Crippen LogP contribution in [0.5, 0.6) is 5.88 Å². The SMILES string of the molecule is Cc1coc(Nc2cc(=NC3CC3)n3ncc(=Cc4[nH]c(=O)[nH]c4O)c3n2)n1. The van der Waals surface area contributed by atoms with E-state index < -0.39 is 5.69 Å². The summed E-state index contributed by atoms with van der Waals surface area (Å²) in [6.07, 6.45) is 6.81. The topological polar surface area (TPSA) is 149 Å². The first-order valence-electron chi connectivity index (χ1n) is 8.70. The normalized spacial score (nSPS) is 15.6. The molecule has 1 fully saturated rings. The van der Waals surface area contributed by atoms with E-state index in [-0.39, 0.29) is 17.6 Å². The molecule has 1 saturated carbocycles. The van der Waals surface area contributed by atoms with E-state index in [1.54, 1.807) is 29.1 Å². The Bertz CT molecular complexity index is 1360. The first kappa shape index (κ1) is 16.3. The van der Waals surface area contributed by atoms with Gasteiger partial charge in [0.1, 0.15) is 17.8 Å². The fourth-order valence-corrected chi connectivity index (χ4v) is 2.78. The van der Waals surface area contributed by atoms with Gasteiger partial charge in [-0.1, -0.05) is 0 Å². The number of H-pyrrole nitrogens is 2. The standard InChI is InChI=1S/C17H16N8O3/c1-8-7-28-17(19-8)23-12-5-13(20-10-2-3-10)25-14(22-12)9(6-18-25)4-11-15(26)24-16(27)21-11/h4-7,10,26H,2-3H2,1H3,(H,19,23)(H2,21,24,27). The molecule has 1 aliphatic rings. The molecule has 11 nitrogen and oxygen atoms in total. The Hall–Kier alpha value is -3.89. The fourth-order valence-electron chi connectivity index (χ4n) is 2.78. The van der Waals surface area contributed by atoms with Gasteiger partial charge < -0.3 is 14.5 Å². The summed E-state index contributed by atoms with van der Waals surface area (Å²) in [5.41, 5.74) is 1.64. The van der Waals surface area contributed by atoms with Crippen molar-refractivity contribution in [1.82, 2.24) is 29.5 Å². The van der Waals surface area contributed by atoms with Crippen LogP contribution in [0.1, 0.15) is 24.2 Å². The summed E-state index contributed by atoms with van der Waals surface area (Å²) in [5.74, 6) is 0.243. The van der Waals surface area contributed by atoms with Crippen LogP contribution in [0.25, 0.3) is 11.7 Å². The highest BCUT2D eigenvalue weighted by Gasteiger charge is 2.20. The van der Waals surface area contributed by atoms with Gasteiger partial charge in [-0.15, -0.1) is 0 Å². The number of nitrogens with zero attached hydrogens (tertiary/aromatic N) is 5. The molecular formula is C17H16N8O3. The number of anilines is 2. The number of imidazole rings is 1. The second kappa shape index (κ2) is 6.08. The Morgan fingerprint density at radius 1 is 1.39 bits per heavy atom. The molecule has 0 radical (unpaired) electrons. The van der Waals surface area contributed by atoms with Crippen LogP contribution in [-0.4, -0.2) is 40.7 Å². The van der Waals surface area contributed by atoms with Crippen molar-refractivity contribution in [1.29, 1.82) is 0 Å². The van der Waals surface area contributed by atoms with Crippen molar-refractivity contribution in [3.8, 4) is 5.88 Å². The van der Waals surface area contributed by atoms with Gasteiger partial charge in [0.05, 0.1) is 17.9 Å². The van der Waals surface area contributed by atoms with Crippen LogP contribution in [-0.2, 0) is 0 Å². The van der Waals surface area contributed by atoms with Gasteiger partial charge in [-0.25, -0.2) is 9.78 Å². The lowest BCUT2D eigenvalue weighted by atomic mass is 10.3. The predicted octanol–water partition coefficient (Wildman–Crippen LogP) is 0.102. The van der Waals surface area contributed by atoms with Gasteiger partial charge in [0.15, 0.2) is 11.1 Å². The third-order valence-electron chi connectivity index (χ3n) is 4.23. The Morgan fingerprint density at radius 2 is 2.25 bits per heavy atom. The Morgan fingerprint density at radius 3 is 2.93 bits per heavy atom. The molecule has 142 valence electrons. The minimum atomic E-state index is -0.501. The molecular weight excluding hydrogens is 364 g/mol. The molecule has 0 atom stereocenters. The molecule has 0 spiro atoms. The summed E-state index contributed by atoms with van der Waals surface area (Å²) in [7, 11) is 0. The lowest BCUT2D eigenvalue weighted by molar-refractivity contribution is 0.454. The molecule has 11 heteroatoms. The summed E-state index contributed by atoms with van der Waals surface area (Å²) in [6, 6.07) is 2.38. The van der Waals surface area contributed by atoms with E-state index in [0.717, 1.165) is 18.5 Å². The highest BCUT2D eigenvalue weighted by Crippen LogP contribution is 2.22. The highest BCUT2D eigenvalue weighted by atomic mass is 16.4. The number of nitrogens with one attached hydrogen (secondary N) is 3. The monoisotopic (exact) mass is 380 g/mol. The molecule has 4 heterocycles. The Balaban J connectivity index is 1.69. The molecule has 0 bridgehead atoms. The zero-order chi connectivity index (χ0) is 19.3. The van der Waals surface area contributed by atoms with Gasteiger partial charge >= 0.3 is 5.69 Å². The summed E-state index contributed by atoms with van der Waals surface area (Å²) >= 11 is 0.